The molecule has 1 saturated heterocycles. The number of piperidine rings is 1. The summed E-state index contributed by atoms with van der Waals surface area (Å²) in [5.74, 6) is -1.02. The first-order valence-corrected chi connectivity index (χ1v) is 10.5. The van der Waals surface area contributed by atoms with Crippen LogP contribution in [0.3, 0.4) is 0 Å². The Bertz CT molecular complexity index is 900. The van der Waals surface area contributed by atoms with Gasteiger partial charge in [-0.1, -0.05) is 11.2 Å². The first kappa shape index (κ1) is 20.5. The van der Waals surface area contributed by atoms with Gasteiger partial charge in [0.25, 0.3) is 0 Å². The summed E-state index contributed by atoms with van der Waals surface area (Å²) in [4.78, 5) is 16.7. The molecular weight excluding hydrogens is 388 g/mol. The Balaban J connectivity index is 1.26. The number of benzene rings is 1. The number of oxime groups is 1. The third-order valence-electron chi connectivity index (χ3n) is 5.97. The molecule has 2 N–H and O–H groups in total. The number of nitrogens with two attached hydrogens (primary N) is 1. The molecule has 1 aliphatic heterocycles. The second kappa shape index (κ2) is 8.93. The summed E-state index contributed by atoms with van der Waals surface area (Å²) in [7, 11) is 0. The van der Waals surface area contributed by atoms with Crippen LogP contribution in [0.5, 0.6) is 0 Å². The molecule has 30 heavy (non-hydrogen) atoms. The zero-order chi connectivity index (χ0) is 21.1. The number of nitrogens with zero attached hydrogens (tertiary/aromatic N) is 4. The summed E-state index contributed by atoms with van der Waals surface area (Å²) in [5.41, 5.74) is 7.74. The molecular formula is C22H27F2N5O. The van der Waals surface area contributed by atoms with E-state index in [1.54, 1.807) is 6.07 Å². The zero-order valence-corrected chi connectivity index (χ0v) is 17.2. The number of hydrogen-bond donors (Lipinski definition) is 1. The molecule has 0 bridgehead atoms. The van der Waals surface area contributed by atoms with Gasteiger partial charge in [-0.2, -0.15) is 0 Å². The summed E-state index contributed by atoms with van der Waals surface area (Å²) in [6.07, 6.45) is 8.39. The Morgan fingerprint density at radius 1 is 1.03 bits per heavy atom. The molecule has 4 rings (SSSR count). The predicted octanol–water partition coefficient (Wildman–Crippen LogP) is 4.34. The molecule has 1 aromatic heterocycles. The normalized spacial score (nSPS) is 20.3. The highest BCUT2D eigenvalue weighted by Gasteiger charge is 2.26. The van der Waals surface area contributed by atoms with Gasteiger partial charge in [-0.25, -0.2) is 18.7 Å². The van der Waals surface area contributed by atoms with Gasteiger partial charge in [-0.05, 0) is 55.7 Å². The van der Waals surface area contributed by atoms with Gasteiger partial charge in [0.05, 0.1) is 11.4 Å². The number of aromatic nitrogens is 2. The fourth-order valence-corrected chi connectivity index (χ4v) is 4.11. The smallest absolute Gasteiger partial charge is 0.225 e. The highest BCUT2D eigenvalue weighted by Crippen LogP contribution is 2.35. The van der Waals surface area contributed by atoms with Crippen molar-refractivity contribution in [2.45, 2.75) is 57.5 Å². The summed E-state index contributed by atoms with van der Waals surface area (Å²) in [6.45, 7) is 3.65. The first-order chi connectivity index (χ1) is 14.5. The van der Waals surface area contributed by atoms with Crippen molar-refractivity contribution in [1.29, 1.82) is 0 Å². The molecule has 2 heterocycles. The Labute approximate surface area is 175 Å². The maximum absolute atomic E-state index is 14.2. The molecule has 1 aliphatic carbocycles. The molecule has 8 heteroatoms. The molecule has 1 aromatic carbocycles. The summed E-state index contributed by atoms with van der Waals surface area (Å²) in [6, 6.07) is 3.04. The Morgan fingerprint density at radius 3 is 2.37 bits per heavy atom. The maximum atomic E-state index is 14.2. The van der Waals surface area contributed by atoms with Crippen molar-refractivity contribution in [1.82, 2.24) is 9.97 Å². The zero-order valence-electron chi connectivity index (χ0n) is 17.2. The fraction of sp³-hybridized carbons (Fsp3) is 0.500. The quantitative estimate of drug-likeness (QED) is 0.594. The minimum absolute atomic E-state index is 0.0169. The van der Waals surface area contributed by atoms with Gasteiger partial charge < -0.3 is 15.5 Å². The van der Waals surface area contributed by atoms with E-state index in [0.717, 1.165) is 68.8 Å². The number of halogens is 2. The van der Waals surface area contributed by atoms with Crippen molar-refractivity contribution >= 4 is 17.3 Å². The lowest BCUT2D eigenvalue weighted by atomic mass is 9.83. The molecule has 0 amide bonds. The van der Waals surface area contributed by atoms with Crippen molar-refractivity contribution in [2.24, 2.45) is 5.16 Å². The second-order valence-electron chi connectivity index (χ2n) is 8.16. The largest absolute Gasteiger partial charge is 0.396 e. The van der Waals surface area contributed by atoms with E-state index >= 15 is 0 Å². The predicted molar refractivity (Wildman–Crippen MR) is 113 cm³/mol. The van der Waals surface area contributed by atoms with E-state index < -0.39 is 11.6 Å². The minimum atomic E-state index is -0.947. The SMILES string of the molecule is Cc1cnc(N2CCC(ON=C3CCC(c4ccc(N)c(F)c4F)CC3)CC2)nc1. The highest BCUT2D eigenvalue weighted by molar-refractivity contribution is 5.84. The lowest BCUT2D eigenvalue weighted by molar-refractivity contribution is 0.0406. The van der Waals surface area contributed by atoms with Crippen LogP contribution in [0.1, 0.15) is 55.6 Å². The molecule has 2 fully saturated rings. The van der Waals surface area contributed by atoms with Crippen molar-refractivity contribution in [3.63, 3.8) is 0 Å². The molecule has 2 aliphatic rings. The van der Waals surface area contributed by atoms with E-state index in [-0.39, 0.29) is 17.7 Å². The lowest BCUT2D eigenvalue weighted by Gasteiger charge is -2.31. The number of aryl methyl sites for hydroxylation is 1. The van der Waals surface area contributed by atoms with Crippen LogP contribution in [0.2, 0.25) is 0 Å². The van der Waals surface area contributed by atoms with Crippen LogP contribution >= 0.6 is 0 Å². The fourth-order valence-electron chi connectivity index (χ4n) is 4.11. The van der Waals surface area contributed by atoms with E-state index in [0.29, 0.717) is 5.56 Å². The van der Waals surface area contributed by atoms with Crippen molar-refractivity contribution < 1.29 is 13.6 Å². The molecule has 0 radical (unpaired) electrons. The van der Waals surface area contributed by atoms with Crippen LogP contribution in [0.15, 0.2) is 29.7 Å². The van der Waals surface area contributed by atoms with Gasteiger partial charge in [0.2, 0.25) is 5.95 Å². The minimum Gasteiger partial charge on any atom is -0.396 e. The van der Waals surface area contributed by atoms with Gasteiger partial charge in [0, 0.05) is 38.3 Å². The van der Waals surface area contributed by atoms with E-state index in [2.05, 4.69) is 20.0 Å². The Hall–Kier alpha value is -2.77. The monoisotopic (exact) mass is 415 g/mol. The number of rotatable bonds is 4. The molecule has 160 valence electrons. The van der Waals surface area contributed by atoms with Crippen LogP contribution in [0.4, 0.5) is 20.4 Å². The molecule has 0 spiro atoms. The lowest BCUT2D eigenvalue weighted by Crippen LogP contribution is -2.37. The van der Waals surface area contributed by atoms with E-state index in [9.17, 15) is 8.78 Å². The summed E-state index contributed by atoms with van der Waals surface area (Å²) in [5, 5.41) is 4.38. The van der Waals surface area contributed by atoms with E-state index in [1.165, 1.54) is 6.07 Å². The number of hydrogen-bond acceptors (Lipinski definition) is 6. The van der Waals surface area contributed by atoms with Crippen LogP contribution in [-0.4, -0.2) is 34.9 Å². The Morgan fingerprint density at radius 2 is 1.70 bits per heavy atom. The molecule has 1 saturated carbocycles. The number of nitrogen functional groups attached to an aromatic ring is 1. The third kappa shape index (κ3) is 4.52. The van der Waals surface area contributed by atoms with Crippen LogP contribution < -0.4 is 10.6 Å². The average Bonchev–Trinajstić information content (AvgIpc) is 2.78. The first-order valence-electron chi connectivity index (χ1n) is 10.5. The summed E-state index contributed by atoms with van der Waals surface area (Å²) < 4.78 is 27.9. The third-order valence-corrected chi connectivity index (χ3v) is 5.97. The Kier molecular flexibility index (Phi) is 6.11. The topological polar surface area (TPSA) is 76.6 Å². The van der Waals surface area contributed by atoms with Gasteiger partial charge in [0.15, 0.2) is 11.6 Å². The van der Waals surface area contributed by atoms with Crippen molar-refractivity contribution in [2.75, 3.05) is 23.7 Å². The molecule has 0 atom stereocenters. The standard InChI is InChI=1S/C22H27F2N5O/c1-14-12-26-22(27-13-14)29-10-8-17(9-11-29)30-28-16-4-2-15(3-5-16)18-6-7-19(25)21(24)20(18)23/h6-7,12-13,15,17H,2-5,8-11,25H2,1H3. The van der Waals surface area contributed by atoms with Crippen LogP contribution in [0.25, 0.3) is 0 Å². The average molecular weight is 415 g/mol. The summed E-state index contributed by atoms with van der Waals surface area (Å²) >= 11 is 0. The van der Waals surface area contributed by atoms with E-state index in [1.807, 2.05) is 19.3 Å². The van der Waals surface area contributed by atoms with Crippen LogP contribution in [-0.2, 0) is 4.84 Å². The van der Waals surface area contributed by atoms with Crippen molar-refractivity contribution in [3.8, 4) is 0 Å². The van der Waals surface area contributed by atoms with E-state index in [4.69, 9.17) is 10.6 Å². The van der Waals surface area contributed by atoms with Gasteiger partial charge >= 0.3 is 0 Å². The number of anilines is 2. The van der Waals surface area contributed by atoms with Crippen molar-refractivity contribution in [3.05, 3.63) is 47.3 Å². The molecule has 0 unspecified atom stereocenters. The second-order valence-corrected chi connectivity index (χ2v) is 8.16. The van der Waals surface area contributed by atoms with Gasteiger partial charge in [-0.15, -0.1) is 0 Å². The molecule has 6 nitrogen and oxygen atoms in total. The maximum Gasteiger partial charge on any atom is 0.225 e. The van der Waals surface area contributed by atoms with Gasteiger partial charge in [0.1, 0.15) is 6.10 Å². The molecule has 2 aromatic rings. The highest BCUT2D eigenvalue weighted by atomic mass is 19.2. The van der Waals surface area contributed by atoms with Gasteiger partial charge in [-0.3, -0.25) is 0 Å². The van der Waals surface area contributed by atoms with Crippen LogP contribution in [0, 0.1) is 18.6 Å².